The van der Waals surface area contributed by atoms with Crippen LogP contribution in [0.2, 0.25) is 0 Å². The Morgan fingerprint density at radius 1 is 1.04 bits per heavy atom. The number of amides is 1. The molecule has 136 valence electrons. The summed E-state index contributed by atoms with van der Waals surface area (Å²) in [6, 6.07) is 14.8. The Hall–Kier alpha value is -2.69. The molecule has 26 heavy (non-hydrogen) atoms. The van der Waals surface area contributed by atoms with Crippen LogP contribution < -0.4 is 4.90 Å². The van der Waals surface area contributed by atoms with Crippen LogP contribution in [0, 0.1) is 11.8 Å². The van der Waals surface area contributed by atoms with E-state index in [1.54, 1.807) is 11.1 Å². The molecule has 1 N–H and O–H groups in total. The maximum Gasteiger partial charge on any atom is 0.307 e. The molecular formula is C21H24N2O3. The summed E-state index contributed by atoms with van der Waals surface area (Å²) in [7, 11) is 0. The van der Waals surface area contributed by atoms with E-state index in [1.165, 1.54) is 0 Å². The van der Waals surface area contributed by atoms with Gasteiger partial charge in [-0.1, -0.05) is 37.1 Å². The lowest BCUT2D eigenvalue weighted by molar-refractivity contribution is -0.148. The lowest BCUT2D eigenvalue weighted by atomic mass is 9.78. The Bertz CT molecular complexity index is 748. The van der Waals surface area contributed by atoms with Gasteiger partial charge in [0.05, 0.1) is 23.6 Å². The Morgan fingerprint density at radius 2 is 1.69 bits per heavy atom. The largest absolute Gasteiger partial charge is 0.481 e. The third kappa shape index (κ3) is 3.77. The summed E-state index contributed by atoms with van der Waals surface area (Å²) in [5.74, 6) is -2.10. The predicted octanol–water partition coefficient (Wildman–Crippen LogP) is 4.07. The first-order valence-corrected chi connectivity index (χ1v) is 9.11. The van der Waals surface area contributed by atoms with E-state index in [-0.39, 0.29) is 11.9 Å². The van der Waals surface area contributed by atoms with Crippen molar-refractivity contribution in [2.75, 3.05) is 4.90 Å². The average Bonchev–Trinajstić information content (AvgIpc) is 2.69. The highest BCUT2D eigenvalue weighted by atomic mass is 16.4. The number of rotatable bonds is 5. The van der Waals surface area contributed by atoms with Crippen molar-refractivity contribution in [3.05, 3.63) is 60.4 Å². The summed E-state index contributed by atoms with van der Waals surface area (Å²) in [5, 5.41) is 9.58. The number of hydrogen-bond donors (Lipinski definition) is 1. The Labute approximate surface area is 153 Å². The summed E-state index contributed by atoms with van der Waals surface area (Å²) in [6.07, 6.45) is 4.64. The predicted molar refractivity (Wildman–Crippen MR) is 99.7 cm³/mol. The molecular weight excluding hydrogens is 328 g/mol. The fraction of sp³-hybridized carbons (Fsp3) is 0.381. The number of carboxylic acids is 1. The van der Waals surface area contributed by atoms with Gasteiger partial charge in [-0.2, -0.15) is 0 Å². The molecule has 2 aromatic rings. The van der Waals surface area contributed by atoms with Crippen molar-refractivity contribution < 1.29 is 14.7 Å². The number of hydrogen-bond acceptors (Lipinski definition) is 3. The molecule has 3 rings (SSSR count). The standard InChI is InChI=1S/C21H24N2O3/c1-15(19-13-7-8-14-22-19)23(16-9-3-2-4-10-16)20(24)17-11-5-6-12-18(17)21(25)26/h2-4,7-10,13-15,17-18H,5-6,11-12H2,1H3,(H,25,26). The van der Waals surface area contributed by atoms with Gasteiger partial charge in [0, 0.05) is 11.9 Å². The molecule has 0 aliphatic heterocycles. The molecule has 1 aliphatic carbocycles. The van der Waals surface area contributed by atoms with Crippen molar-refractivity contribution in [1.29, 1.82) is 0 Å². The summed E-state index contributed by atoms with van der Waals surface area (Å²) in [5.41, 5.74) is 1.55. The fourth-order valence-corrected chi connectivity index (χ4v) is 3.79. The molecule has 0 bridgehead atoms. The maximum absolute atomic E-state index is 13.5. The van der Waals surface area contributed by atoms with Crippen molar-refractivity contribution in [2.45, 2.75) is 38.6 Å². The maximum atomic E-state index is 13.5. The third-order valence-corrected chi connectivity index (χ3v) is 5.18. The zero-order valence-electron chi connectivity index (χ0n) is 14.9. The van der Waals surface area contributed by atoms with Crippen LogP contribution in [0.4, 0.5) is 5.69 Å². The van der Waals surface area contributed by atoms with Crippen molar-refractivity contribution in [3.8, 4) is 0 Å². The van der Waals surface area contributed by atoms with Gasteiger partial charge in [0.1, 0.15) is 0 Å². The van der Waals surface area contributed by atoms with Crippen LogP contribution >= 0.6 is 0 Å². The minimum Gasteiger partial charge on any atom is -0.481 e. The van der Waals surface area contributed by atoms with Crippen molar-refractivity contribution in [2.24, 2.45) is 11.8 Å². The van der Waals surface area contributed by atoms with Crippen LogP contribution in [0.1, 0.15) is 44.3 Å². The first-order chi connectivity index (χ1) is 12.6. The van der Waals surface area contributed by atoms with Crippen molar-refractivity contribution in [1.82, 2.24) is 4.98 Å². The summed E-state index contributed by atoms with van der Waals surface area (Å²) in [4.78, 5) is 31.3. The topological polar surface area (TPSA) is 70.5 Å². The molecule has 1 aromatic carbocycles. The number of anilines is 1. The molecule has 1 amide bonds. The number of carbonyl (C=O) groups is 2. The molecule has 0 spiro atoms. The Balaban J connectivity index is 1.97. The molecule has 0 radical (unpaired) electrons. The van der Waals surface area contributed by atoms with E-state index in [0.29, 0.717) is 12.8 Å². The molecule has 3 unspecified atom stereocenters. The number of para-hydroxylation sites is 1. The highest BCUT2D eigenvalue weighted by molar-refractivity contribution is 5.97. The van der Waals surface area contributed by atoms with Crippen LogP contribution in [-0.2, 0) is 9.59 Å². The number of pyridine rings is 1. The molecule has 3 atom stereocenters. The molecule has 0 saturated heterocycles. The summed E-state index contributed by atoms with van der Waals surface area (Å²) < 4.78 is 0. The van der Waals surface area contributed by atoms with Gasteiger partial charge in [-0.05, 0) is 44.0 Å². The van der Waals surface area contributed by atoms with Crippen LogP contribution in [-0.4, -0.2) is 22.0 Å². The van der Waals surface area contributed by atoms with E-state index in [0.717, 1.165) is 24.2 Å². The number of nitrogens with zero attached hydrogens (tertiary/aromatic N) is 2. The zero-order valence-corrected chi connectivity index (χ0v) is 14.9. The van der Waals surface area contributed by atoms with Gasteiger partial charge in [-0.25, -0.2) is 0 Å². The minimum atomic E-state index is -0.874. The normalized spacial score (nSPS) is 21.0. The van der Waals surface area contributed by atoms with E-state index in [4.69, 9.17) is 0 Å². The molecule has 5 heteroatoms. The number of aliphatic carboxylic acids is 1. The van der Waals surface area contributed by atoms with Crippen molar-refractivity contribution >= 4 is 17.6 Å². The van der Waals surface area contributed by atoms with Gasteiger partial charge in [0.15, 0.2) is 0 Å². The monoisotopic (exact) mass is 352 g/mol. The van der Waals surface area contributed by atoms with E-state index in [9.17, 15) is 14.7 Å². The van der Waals surface area contributed by atoms with Gasteiger partial charge in [-0.3, -0.25) is 14.6 Å². The molecule has 1 saturated carbocycles. The number of aromatic nitrogens is 1. The van der Waals surface area contributed by atoms with Crippen LogP contribution in [0.5, 0.6) is 0 Å². The lowest BCUT2D eigenvalue weighted by Crippen LogP contribution is -2.44. The third-order valence-electron chi connectivity index (χ3n) is 5.18. The Kier molecular flexibility index (Phi) is 5.66. The second-order valence-corrected chi connectivity index (χ2v) is 6.81. The first kappa shape index (κ1) is 18.1. The van der Waals surface area contributed by atoms with Gasteiger partial charge in [-0.15, -0.1) is 0 Å². The zero-order chi connectivity index (χ0) is 18.5. The average molecular weight is 352 g/mol. The summed E-state index contributed by atoms with van der Waals surface area (Å²) in [6.45, 7) is 1.94. The highest BCUT2D eigenvalue weighted by Crippen LogP contribution is 2.35. The van der Waals surface area contributed by atoms with Gasteiger partial charge >= 0.3 is 5.97 Å². The second kappa shape index (κ2) is 8.13. The fourth-order valence-electron chi connectivity index (χ4n) is 3.79. The summed E-state index contributed by atoms with van der Waals surface area (Å²) >= 11 is 0. The van der Waals surface area contributed by atoms with Crippen LogP contribution in [0.15, 0.2) is 54.7 Å². The van der Waals surface area contributed by atoms with Crippen LogP contribution in [0.3, 0.4) is 0 Å². The van der Waals surface area contributed by atoms with Gasteiger partial charge < -0.3 is 10.0 Å². The van der Waals surface area contributed by atoms with E-state index < -0.39 is 17.8 Å². The first-order valence-electron chi connectivity index (χ1n) is 9.11. The lowest BCUT2D eigenvalue weighted by Gasteiger charge is -2.36. The van der Waals surface area contributed by atoms with E-state index >= 15 is 0 Å². The number of carboxylic acid groups (broad SMARTS) is 1. The molecule has 1 heterocycles. The SMILES string of the molecule is CC(c1ccccn1)N(C(=O)C1CCCCC1C(=O)O)c1ccccc1. The van der Waals surface area contributed by atoms with Gasteiger partial charge in [0.25, 0.3) is 0 Å². The molecule has 1 aromatic heterocycles. The number of benzene rings is 1. The molecule has 1 fully saturated rings. The second-order valence-electron chi connectivity index (χ2n) is 6.81. The minimum absolute atomic E-state index is 0.124. The highest BCUT2D eigenvalue weighted by Gasteiger charge is 2.39. The molecule has 1 aliphatic rings. The van der Waals surface area contributed by atoms with Crippen molar-refractivity contribution in [3.63, 3.8) is 0 Å². The quantitative estimate of drug-likeness (QED) is 0.881. The van der Waals surface area contributed by atoms with Gasteiger partial charge in [0.2, 0.25) is 5.91 Å². The smallest absolute Gasteiger partial charge is 0.307 e. The van der Waals surface area contributed by atoms with Crippen LogP contribution in [0.25, 0.3) is 0 Å². The molecule has 5 nitrogen and oxygen atoms in total. The Morgan fingerprint density at radius 3 is 2.31 bits per heavy atom. The number of carbonyl (C=O) groups excluding carboxylic acids is 1. The van der Waals surface area contributed by atoms with E-state index in [1.807, 2.05) is 55.5 Å². The van der Waals surface area contributed by atoms with E-state index in [2.05, 4.69) is 4.98 Å².